The van der Waals surface area contributed by atoms with Gasteiger partial charge in [-0.05, 0) is 30.9 Å². The topological polar surface area (TPSA) is 30.5 Å². The second kappa shape index (κ2) is 10.0. The molecule has 0 heterocycles. The van der Waals surface area contributed by atoms with E-state index < -0.39 is 0 Å². The van der Waals surface area contributed by atoms with E-state index in [4.69, 9.17) is 21.1 Å². The van der Waals surface area contributed by atoms with Crippen LogP contribution in [0.2, 0.25) is 5.02 Å². The van der Waals surface area contributed by atoms with Gasteiger partial charge in [-0.2, -0.15) is 0 Å². The van der Waals surface area contributed by atoms with Crippen LogP contribution in [-0.4, -0.2) is 26.9 Å². The van der Waals surface area contributed by atoms with Gasteiger partial charge < -0.3 is 14.8 Å². The zero-order chi connectivity index (χ0) is 14.8. The first-order valence-corrected chi connectivity index (χ1v) is 7.62. The van der Waals surface area contributed by atoms with Crippen molar-refractivity contribution in [2.75, 3.05) is 26.9 Å². The smallest absolute Gasteiger partial charge is 0.125 e. The standard InChI is InChI=1S/C16H26ClNO2/c1-13(2)6-5-10-20-16-8-4-7-15(17)14(16)12-18-9-11-19-3/h4,7-8,13,18H,5-6,9-12H2,1-3H3. The predicted molar refractivity (Wildman–Crippen MR) is 84.6 cm³/mol. The minimum Gasteiger partial charge on any atom is -0.493 e. The molecule has 0 fully saturated rings. The maximum atomic E-state index is 6.25. The lowest BCUT2D eigenvalue weighted by Gasteiger charge is -2.14. The molecule has 1 aromatic rings. The van der Waals surface area contributed by atoms with E-state index in [0.717, 1.165) is 35.9 Å². The molecule has 1 rings (SSSR count). The number of halogens is 1. The first kappa shape index (κ1) is 17.3. The van der Waals surface area contributed by atoms with Crippen molar-refractivity contribution in [2.24, 2.45) is 5.92 Å². The van der Waals surface area contributed by atoms with E-state index in [9.17, 15) is 0 Å². The van der Waals surface area contributed by atoms with E-state index in [1.807, 2.05) is 18.2 Å². The van der Waals surface area contributed by atoms with E-state index in [0.29, 0.717) is 19.1 Å². The van der Waals surface area contributed by atoms with Crippen LogP contribution in [0.25, 0.3) is 0 Å². The van der Waals surface area contributed by atoms with E-state index in [2.05, 4.69) is 19.2 Å². The number of ether oxygens (including phenoxy) is 2. The lowest BCUT2D eigenvalue weighted by molar-refractivity contribution is 0.199. The summed E-state index contributed by atoms with van der Waals surface area (Å²) >= 11 is 6.25. The summed E-state index contributed by atoms with van der Waals surface area (Å²) in [5.41, 5.74) is 1.02. The summed E-state index contributed by atoms with van der Waals surface area (Å²) in [5, 5.41) is 4.05. The molecule has 0 unspecified atom stereocenters. The molecule has 0 aliphatic carbocycles. The summed E-state index contributed by atoms with van der Waals surface area (Å²) in [6, 6.07) is 5.81. The van der Waals surface area contributed by atoms with Crippen molar-refractivity contribution in [3.63, 3.8) is 0 Å². The molecular formula is C16H26ClNO2. The molecule has 0 amide bonds. The number of rotatable bonds is 10. The first-order chi connectivity index (χ1) is 9.65. The van der Waals surface area contributed by atoms with Crippen molar-refractivity contribution in [1.82, 2.24) is 5.32 Å². The molecule has 0 bridgehead atoms. The maximum absolute atomic E-state index is 6.25. The van der Waals surface area contributed by atoms with Crippen LogP contribution in [0.4, 0.5) is 0 Å². The van der Waals surface area contributed by atoms with E-state index >= 15 is 0 Å². The van der Waals surface area contributed by atoms with E-state index in [-0.39, 0.29) is 0 Å². The quantitative estimate of drug-likeness (QED) is 0.665. The van der Waals surface area contributed by atoms with Gasteiger partial charge in [-0.3, -0.25) is 0 Å². The lowest BCUT2D eigenvalue weighted by atomic mass is 10.1. The zero-order valence-corrected chi connectivity index (χ0v) is 13.5. The molecule has 0 saturated carbocycles. The fourth-order valence-electron chi connectivity index (χ4n) is 1.91. The van der Waals surface area contributed by atoms with Crippen molar-refractivity contribution in [1.29, 1.82) is 0 Å². The summed E-state index contributed by atoms with van der Waals surface area (Å²) in [5.74, 6) is 1.60. The van der Waals surface area contributed by atoms with Gasteiger partial charge in [0.1, 0.15) is 5.75 Å². The molecule has 1 aromatic carbocycles. The molecule has 0 radical (unpaired) electrons. The Morgan fingerprint density at radius 1 is 1.25 bits per heavy atom. The number of benzene rings is 1. The van der Waals surface area contributed by atoms with Crippen molar-refractivity contribution >= 4 is 11.6 Å². The van der Waals surface area contributed by atoms with Crippen LogP contribution in [0, 0.1) is 5.92 Å². The van der Waals surface area contributed by atoms with Gasteiger partial charge in [-0.1, -0.05) is 31.5 Å². The fourth-order valence-corrected chi connectivity index (χ4v) is 2.14. The molecule has 0 atom stereocenters. The highest BCUT2D eigenvalue weighted by Gasteiger charge is 2.08. The van der Waals surface area contributed by atoms with Gasteiger partial charge in [0.05, 0.1) is 13.2 Å². The summed E-state index contributed by atoms with van der Waals surface area (Å²) in [6.45, 7) is 7.38. The Morgan fingerprint density at radius 3 is 2.75 bits per heavy atom. The summed E-state index contributed by atoms with van der Waals surface area (Å²) in [4.78, 5) is 0. The minimum atomic E-state index is 0.690. The monoisotopic (exact) mass is 299 g/mol. The average molecular weight is 300 g/mol. The molecule has 114 valence electrons. The van der Waals surface area contributed by atoms with Gasteiger partial charge >= 0.3 is 0 Å². The summed E-state index contributed by atoms with van der Waals surface area (Å²) < 4.78 is 10.9. The normalized spacial score (nSPS) is 11.1. The van der Waals surface area contributed by atoms with Crippen molar-refractivity contribution in [2.45, 2.75) is 33.2 Å². The summed E-state index contributed by atoms with van der Waals surface area (Å²) in [7, 11) is 1.69. The third-order valence-electron chi connectivity index (χ3n) is 3.04. The lowest BCUT2D eigenvalue weighted by Crippen LogP contribution is -2.19. The highest BCUT2D eigenvalue weighted by molar-refractivity contribution is 6.31. The third kappa shape index (κ3) is 6.60. The molecule has 0 aromatic heterocycles. The Hall–Kier alpha value is -0.770. The highest BCUT2D eigenvalue weighted by Crippen LogP contribution is 2.26. The number of nitrogens with one attached hydrogen (secondary N) is 1. The minimum absolute atomic E-state index is 0.690. The molecule has 4 heteroatoms. The molecule has 0 spiro atoms. The Bertz CT molecular complexity index is 383. The Morgan fingerprint density at radius 2 is 2.05 bits per heavy atom. The number of hydrogen-bond donors (Lipinski definition) is 1. The molecular weight excluding hydrogens is 274 g/mol. The van der Waals surface area contributed by atoms with E-state index in [1.54, 1.807) is 7.11 Å². The van der Waals surface area contributed by atoms with Crippen LogP contribution in [0.1, 0.15) is 32.3 Å². The van der Waals surface area contributed by atoms with Crippen LogP contribution >= 0.6 is 11.6 Å². The van der Waals surface area contributed by atoms with Gasteiger partial charge in [0.15, 0.2) is 0 Å². The largest absolute Gasteiger partial charge is 0.493 e. The van der Waals surface area contributed by atoms with Gasteiger partial charge in [-0.15, -0.1) is 0 Å². The molecule has 0 aliphatic heterocycles. The van der Waals surface area contributed by atoms with Crippen LogP contribution in [0.3, 0.4) is 0 Å². The molecule has 0 aliphatic rings. The Balaban J connectivity index is 2.49. The first-order valence-electron chi connectivity index (χ1n) is 7.25. The maximum Gasteiger partial charge on any atom is 0.125 e. The van der Waals surface area contributed by atoms with Crippen molar-refractivity contribution in [3.05, 3.63) is 28.8 Å². The molecule has 3 nitrogen and oxygen atoms in total. The van der Waals surface area contributed by atoms with Gasteiger partial charge in [0.25, 0.3) is 0 Å². The van der Waals surface area contributed by atoms with Gasteiger partial charge in [0.2, 0.25) is 0 Å². The zero-order valence-electron chi connectivity index (χ0n) is 12.7. The van der Waals surface area contributed by atoms with Gasteiger partial charge in [0, 0.05) is 30.8 Å². The Labute approximate surface area is 127 Å². The van der Waals surface area contributed by atoms with Crippen molar-refractivity contribution < 1.29 is 9.47 Å². The Kier molecular flexibility index (Phi) is 8.67. The van der Waals surface area contributed by atoms with E-state index in [1.165, 1.54) is 6.42 Å². The second-order valence-corrected chi connectivity index (χ2v) is 5.68. The van der Waals surface area contributed by atoms with Crippen molar-refractivity contribution in [3.8, 4) is 5.75 Å². The van der Waals surface area contributed by atoms with Crippen LogP contribution in [-0.2, 0) is 11.3 Å². The second-order valence-electron chi connectivity index (χ2n) is 5.27. The third-order valence-corrected chi connectivity index (χ3v) is 3.40. The van der Waals surface area contributed by atoms with Crippen LogP contribution < -0.4 is 10.1 Å². The fraction of sp³-hybridized carbons (Fsp3) is 0.625. The average Bonchev–Trinajstić information content (AvgIpc) is 2.41. The predicted octanol–water partition coefficient (Wildman–Crippen LogP) is 3.89. The highest BCUT2D eigenvalue weighted by atomic mass is 35.5. The summed E-state index contributed by atoms with van der Waals surface area (Å²) in [6.07, 6.45) is 2.25. The number of hydrogen-bond acceptors (Lipinski definition) is 3. The van der Waals surface area contributed by atoms with Crippen LogP contribution in [0.5, 0.6) is 5.75 Å². The molecule has 0 saturated heterocycles. The van der Waals surface area contributed by atoms with Gasteiger partial charge in [-0.25, -0.2) is 0 Å². The molecule has 1 N–H and O–H groups in total. The SMILES string of the molecule is COCCNCc1c(Cl)cccc1OCCCC(C)C. The molecule has 20 heavy (non-hydrogen) atoms. The van der Waals surface area contributed by atoms with Crippen LogP contribution in [0.15, 0.2) is 18.2 Å². The number of methoxy groups -OCH3 is 1.